The highest BCUT2D eigenvalue weighted by Crippen LogP contribution is 2.45. The SMILES string of the molecule is CCC(C)CCCCCCCCCCCCCCCCC(=O)OC[C@H](COP(=O)(O)OC[C@@H](O)COP(=O)(O)OC[C@@H](COC(=O)CCCCCCCCC(C)CC)OC(=O)CCCCCCCCCC(C)C)OC(=O)CCCCCCCCC(C)CC. The molecule has 0 rings (SSSR count). The summed E-state index contributed by atoms with van der Waals surface area (Å²) in [6.45, 7) is 14.0. The van der Waals surface area contributed by atoms with E-state index in [1.807, 2.05) is 0 Å². The summed E-state index contributed by atoms with van der Waals surface area (Å²) >= 11 is 0. The van der Waals surface area contributed by atoms with Gasteiger partial charge in [0.05, 0.1) is 26.4 Å². The maximum Gasteiger partial charge on any atom is 0.472 e. The molecule has 0 bridgehead atoms. The largest absolute Gasteiger partial charge is 0.472 e. The summed E-state index contributed by atoms with van der Waals surface area (Å²) in [6, 6.07) is 0. The number of phosphoric acid groups is 2. The van der Waals surface area contributed by atoms with Crippen molar-refractivity contribution in [3.8, 4) is 0 Å². The molecule has 0 spiro atoms. The zero-order valence-corrected chi connectivity index (χ0v) is 59.1. The molecule has 0 amide bonds. The van der Waals surface area contributed by atoms with Gasteiger partial charge in [0.15, 0.2) is 12.2 Å². The van der Waals surface area contributed by atoms with Crippen molar-refractivity contribution in [1.29, 1.82) is 0 Å². The highest BCUT2D eigenvalue weighted by molar-refractivity contribution is 7.47. The molecule has 0 aliphatic rings. The summed E-state index contributed by atoms with van der Waals surface area (Å²) in [5, 5.41) is 10.6. The Labute approximate surface area is 537 Å². The number of carbonyl (C=O) groups excluding carboxylic acids is 4. The zero-order valence-electron chi connectivity index (χ0n) is 57.3. The first-order chi connectivity index (χ1) is 42.2. The molecule has 0 aromatic carbocycles. The Hall–Kier alpha value is -1.94. The molecule has 8 atom stereocenters. The number of ether oxygens (including phenoxy) is 4. The molecule has 5 unspecified atom stereocenters. The van der Waals surface area contributed by atoms with Gasteiger partial charge in [-0.25, -0.2) is 9.13 Å². The minimum Gasteiger partial charge on any atom is -0.462 e. The van der Waals surface area contributed by atoms with Gasteiger partial charge in [-0.3, -0.25) is 37.3 Å². The van der Waals surface area contributed by atoms with Gasteiger partial charge in [0, 0.05) is 25.7 Å². The van der Waals surface area contributed by atoms with Crippen molar-refractivity contribution in [1.82, 2.24) is 0 Å². The van der Waals surface area contributed by atoms with Gasteiger partial charge in [0.25, 0.3) is 0 Å². The zero-order chi connectivity index (χ0) is 65.4. The van der Waals surface area contributed by atoms with Gasteiger partial charge in [-0.15, -0.1) is 0 Å². The number of rotatable bonds is 66. The van der Waals surface area contributed by atoms with Crippen molar-refractivity contribution in [2.75, 3.05) is 39.6 Å². The molecule has 0 saturated carbocycles. The highest BCUT2D eigenvalue weighted by atomic mass is 31.2. The van der Waals surface area contributed by atoms with Crippen molar-refractivity contribution < 1.29 is 80.2 Å². The van der Waals surface area contributed by atoms with E-state index in [0.717, 1.165) is 114 Å². The molecule has 0 aromatic heterocycles. The fourth-order valence-corrected chi connectivity index (χ4v) is 11.8. The quantitative estimate of drug-likeness (QED) is 0.0222. The molecule has 17 nitrogen and oxygen atoms in total. The normalized spacial score (nSPS) is 15.2. The first-order valence-electron chi connectivity index (χ1n) is 35.8. The summed E-state index contributed by atoms with van der Waals surface area (Å²) in [4.78, 5) is 72.4. The summed E-state index contributed by atoms with van der Waals surface area (Å²) < 4.78 is 68.2. The molecule has 88 heavy (non-hydrogen) atoms. The van der Waals surface area contributed by atoms with E-state index in [0.29, 0.717) is 31.6 Å². The first kappa shape index (κ1) is 86.1. The lowest BCUT2D eigenvalue weighted by Gasteiger charge is -2.21. The summed E-state index contributed by atoms with van der Waals surface area (Å²) in [6.07, 6.45) is 40.5. The molecular formula is C69H134O17P2. The van der Waals surface area contributed by atoms with Crippen LogP contribution in [0.1, 0.15) is 338 Å². The smallest absolute Gasteiger partial charge is 0.462 e. The molecule has 0 aliphatic carbocycles. The molecule has 3 N–H and O–H groups in total. The van der Waals surface area contributed by atoms with Gasteiger partial charge >= 0.3 is 39.5 Å². The van der Waals surface area contributed by atoms with Gasteiger partial charge in [-0.1, -0.05) is 287 Å². The van der Waals surface area contributed by atoms with Crippen LogP contribution in [-0.4, -0.2) is 96.7 Å². The van der Waals surface area contributed by atoms with Crippen LogP contribution in [0.25, 0.3) is 0 Å². The van der Waals surface area contributed by atoms with Crippen molar-refractivity contribution in [2.24, 2.45) is 23.7 Å². The van der Waals surface area contributed by atoms with Crippen molar-refractivity contribution in [3.63, 3.8) is 0 Å². The third-order valence-corrected chi connectivity index (χ3v) is 18.8. The molecule has 0 heterocycles. The maximum absolute atomic E-state index is 13.0. The first-order valence-corrected chi connectivity index (χ1v) is 38.8. The van der Waals surface area contributed by atoms with Crippen molar-refractivity contribution in [2.45, 2.75) is 356 Å². The van der Waals surface area contributed by atoms with Crippen LogP contribution in [0, 0.1) is 23.7 Å². The monoisotopic (exact) mass is 1300 g/mol. The van der Waals surface area contributed by atoms with Crippen LogP contribution < -0.4 is 0 Å². The van der Waals surface area contributed by atoms with Gasteiger partial charge in [0.2, 0.25) is 0 Å². The van der Waals surface area contributed by atoms with Crippen LogP contribution in [0.15, 0.2) is 0 Å². The fourth-order valence-electron chi connectivity index (χ4n) is 10.2. The molecule has 19 heteroatoms. The number of aliphatic hydroxyl groups is 1. The summed E-state index contributed by atoms with van der Waals surface area (Å²) in [7, 11) is -9.90. The van der Waals surface area contributed by atoms with Crippen LogP contribution >= 0.6 is 15.6 Å². The standard InChI is InChI=1S/C69H134O17P2/c1-9-60(6)46-38-30-22-18-16-14-12-13-15-17-19-23-33-41-49-66(71)79-55-65(86-69(74)52-44-36-28-26-32-40-48-62(8)11-3)58-84-88(77,78)82-54-63(70)53-81-87(75,76)83-57-64(85-68(73)51-43-35-24-20-21-29-37-45-59(4)5)56-80-67(72)50-42-34-27-25-31-39-47-61(7)10-2/h59-65,70H,9-58H2,1-8H3,(H,75,76)(H,77,78)/t60?,61?,62?,63-,64+,65+/m0/s1. The molecule has 0 radical (unpaired) electrons. The second-order valence-corrected chi connectivity index (χ2v) is 29.0. The van der Waals surface area contributed by atoms with E-state index in [1.54, 1.807) is 0 Å². The molecule has 0 saturated heterocycles. The number of hydrogen-bond acceptors (Lipinski definition) is 15. The van der Waals surface area contributed by atoms with E-state index in [-0.39, 0.29) is 25.7 Å². The average molecular weight is 1300 g/mol. The highest BCUT2D eigenvalue weighted by Gasteiger charge is 2.30. The number of esters is 4. The summed E-state index contributed by atoms with van der Waals surface area (Å²) in [5.74, 6) is 0.860. The van der Waals surface area contributed by atoms with Crippen LogP contribution in [0.4, 0.5) is 0 Å². The molecule has 522 valence electrons. The molecule has 0 aliphatic heterocycles. The maximum atomic E-state index is 13.0. The Morgan fingerprint density at radius 1 is 0.318 bits per heavy atom. The van der Waals surface area contributed by atoms with Gasteiger partial charge in [-0.2, -0.15) is 0 Å². The third-order valence-electron chi connectivity index (χ3n) is 16.9. The van der Waals surface area contributed by atoms with Gasteiger partial charge < -0.3 is 33.8 Å². The molecule has 0 fully saturated rings. The number of aliphatic hydroxyl groups excluding tert-OH is 1. The lowest BCUT2D eigenvalue weighted by atomic mass is 9.99. The Morgan fingerprint density at radius 3 is 0.807 bits per heavy atom. The lowest BCUT2D eigenvalue weighted by molar-refractivity contribution is -0.161. The minimum absolute atomic E-state index is 0.102. The van der Waals surface area contributed by atoms with Crippen LogP contribution in [0.3, 0.4) is 0 Å². The third kappa shape index (κ3) is 59.1. The predicted molar refractivity (Wildman–Crippen MR) is 354 cm³/mol. The van der Waals surface area contributed by atoms with Crippen molar-refractivity contribution >= 4 is 39.5 Å². The topological polar surface area (TPSA) is 237 Å². The average Bonchev–Trinajstić information content (AvgIpc) is 3.63. The number of phosphoric ester groups is 2. The number of hydrogen-bond donors (Lipinski definition) is 3. The van der Waals surface area contributed by atoms with Crippen molar-refractivity contribution in [3.05, 3.63) is 0 Å². The van der Waals surface area contributed by atoms with E-state index in [1.165, 1.54) is 135 Å². The second kappa shape index (κ2) is 58.8. The fraction of sp³-hybridized carbons (Fsp3) is 0.942. The Morgan fingerprint density at radius 2 is 0.545 bits per heavy atom. The molecule has 0 aromatic rings. The van der Waals surface area contributed by atoms with Gasteiger partial charge in [-0.05, 0) is 49.4 Å². The van der Waals surface area contributed by atoms with E-state index >= 15 is 0 Å². The van der Waals surface area contributed by atoms with E-state index in [9.17, 15) is 43.2 Å². The predicted octanol–water partition coefficient (Wildman–Crippen LogP) is 19.3. The minimum atomic E-state index is -4.95. The van der Waals surface area contributed by atoms with Gasteiger partial charge in [0.1, 0.15) is 19.3 Å². The lowest BCUT2D eigenvalue weighted by Crippen LogP contribution is -2.30. The van der Waals surface area contributed by atoms with E-state index in [4.69, 9.17) is 37.0 Å². The number of unbranched alkanes of at least 4 members (excludes halogenated alkanes) is 29. The van der Waals surface area contributed by atoms with Crippen LogP contribution in [-0.2, 0) is 65.4 Å². The molecular weight excluding hydrogens is 1160 g/mol. The Kier molecular flexibility index (Phi) is 57.6. The van der Waals surface area contributed by atoms with E-state index in [2.05, 4.69) is 55.4 Å². The second-order valence-electron chi connectivity index (χ2n) is 26.1. The Bertz CT molecular complexity index is 1750. The number of carbonyl (C=O) groups is 4. The van der Waals surface area contributed by atoms with E-state index < -0.39 is 97.5 Å². The van der Waals surface area contributed by atoms with Crippen LogP contribution in [0.2, 0.25) is 0 Å². The van der Waals surface area contributed by atoms with Crippen LogP contribution in [0.5, 0.6) is 0 Å². The Balaban J connectivity index is 5.19. The summed E-state index contributed by atoms with van der Waals surface area (Å²) in [5.41, 5.74) is 0.